The fourth-order valence-corrected chi connectivity index (χ4v) is 2.70. The normalized spacial score (nSPS) is 16.7. The molecule has 1 aromatic rings. The van der Waals surface area contributed by atoms with Gasteiger partial charge in [0, 0.05) is 38.3 Å². The van der Waals surface area contributed by atoms with E-state index in [1.807, 2.05) is 6.92 Å². The summed E-state index contributed by atoms with van der Waals surface area (Å²) in [6.45, 7) is 8.91. The van der Waals surface area contributed by atoms with Gasteiger partial charge in [0.15, 0.2) is 0 Å². The molecule has 2 rings (SSSR count). The Morgan fingerprint density at radius 3 is 2.55 bits per heavy atom. The van der Waals surface area contributed by atoms with E-state index in [1.165, 1.54) is 0 Å². The Bertz CT molecular complexity index is 459. The van der Waals surface area contributed by atoms with Gasteiger partial charge in [-0.15, -0.1) is 0 Å². The lowest BCUT2D eigenvalue weighted by Crippen LogP contribution is -2.31. The molecule has 2 heterocycles. The predicted octanol–water partition coefficient (Wildman–Crippen LogP) is 3.42. The van der Waals surface area contributed by atoms with Crippen LogP contribution >= 0.6 is 11.6 Å². The third-order valence-corrected chi connectivity index (χ3v) is 4.20. The van der Waals surface area contributed by atoms with Crippen LogP contribution in [-0.2, 0) is 4.74 Å². The summed E-state index contributed by atoms with van der Waals surface area (Å²) in [6.07, 6.45) is 2.25. The zero-order valence-electron chi connectivity index (χ0n) is 12.8. The summed E-state index contributed by atoms with van der Waals surface area (Å²) in [5, 5.41) is 0.567. The summed E-state index contributed by atoms with van der Waals surface area (Å²) in [7, 11) is 2.09. The zero-order chi connectivity index (χ0) is 14.7. The van der Waals surface area contributed by atoms with Crippen LogP contribution in [0.4, 0.5) is 5.82 Å². The van der Waals surface area contributed by atoms with Crippen LogP contribution in [0.2, 0.25) is 5.15 Å². The average Bonchev–Trinajstić information content (AvgIpc) is 2.42. The van der Waals surface area contributed by atoms with E-state index < -0.39 is 0 Å². The first kappa shape index (κ1) is 15.5. The van der Waals surface area contributed by atoms with E-state index >= 15 is 0 Å². The van der Waals surface area contributed by atoms with Crippen molar-refractivity contribution in [3.05, 3.63) is 16.5 Å². The predicted molar refractivity (Wildman–Crippen MR) is 82.7 cm³/mol. The molecule has 0 atom stereocenters. The van der Waals surface area contributed by atoms with E-state index in [0.717, 1.165) is 49.8 Å². The molecule has 0 aliphatic carbocycles. The van der Waals surface area contributed by atoms with Gasteiger partial charge in [-0.25, -0.2) is 9.97 Å². The lowest BCUT2D eigenvalue weighted by atomic mass is 10.00. The molecule has 0 saturated carbocycles. The maximum Gasteiger partial charge on any atom is 0.137 e. The number of halogens is 1. The summed E-state index contributed by atoms with van der Waals surface area (Å²) < 4.78 is 5.42. The highest BCUT2D eigenvalue weighted by Gasteiger charge is 2.19. The molecule has 1 aliphatic heterocycles. The molecule has 0 unspecified atom stereocenters. The molecule has 1 aliphatic rings. The van der Waals surface area contributed by atoms with E-state index in [2.05, 4.69) is 30.8 Å². The molecule has 1 fully saturated rings. The highest BCUT2D eigenvalue weighted by atomic mass is 35.5. The second kappa shape index (κ2) is 6.72. The molecule has 0 spiro atoms. The molecule has 4 nitrogen and oxygen atoms in total. The van der Waals surface area contributed by atoms with Gasteiger partial charge in [-0.2, -0.15) is 0 Å². The minimum atomic E-state index is 0.281. The van der Waals surface area contributed by atoms with Gasteiger partial charge in [-0.1, -0.05) is 25.4 Å². The van der Waals surface area contributed by atoms with Gasteiger partial charge in [0.2, 0.25) is 0 Å². The van der Waals surface area contributed by atoms with Crippen molar-refractivity contribution in [2.24, 2.45) is 5.92 Å². The number of nitrogens with zero attached hydrogens (tertiary/aromatic N) is 3. The molecular weight excluding hydrogens is 274 g/mol. The average molecular weight is 298 g/mol. The third kappa shape index (κ3) is 3.61. The van der Waals surface area contributed by atoms with Crippen LogP contribution in [0.1, 0.15) is 44.0 Å². The molecule has 5 heteroatoms. The molecule has 112 valence electrons. The quantitative estimate of drug-likeness (QED) is 0.798. The first-order chi connectivity index (χ1) is 9.49. The van der Waals surface area contributed by atoms with Gasteiger partial charge in [-0.05, 0) is 25.7 Å². The Balaban J connectivity index is 2.17. The molecule has 0 aromatic carbocycles. The number of ether oxygens (including phenoxy) is 1. The van der Waals surface area contributed by atoms with Crippen LogP contribution in [0, 0.1) is 12.8 Å². The van der Waals surface area contributed by atoms with Gasteiger partial charge >= 0.3 is 0 Å². The van der Waals surface area contributed by atoms with E-state index in [-0.39, 0.29) is 5.92 Å². The molecule has 0 bridgehead atoms. The van der Waals surface area contributed by atoms with E-state index in [1.54, 1.807) is 0 Å². The van der Waals surface area contributed by atoms with Crippen LogP contribution in [0.3, 0.4) is 0 Å². The summed E-state index contributed by atoms with van der Waals surface area (Å²) in [6, 6.07) is 0. The molecule has 0 amide bonds. The topological polar surface area (TPSA) is 38.2 Å². The number of rotatable bonds is 4. The van der Waals surface area contributed by atoms with Crippen molar-refractivity contribution < 1.29 is 4.74 Å². The highest BCUT2D eigenvalue weighted by molar-refractivity contribution is 6.30. The largest absolute Gasteiger partial charge is 0.381 e. The van der Waals surface area contributed by atoms with Crippen molar-refractivity contribution in [1.29, 1.82) is 0 Å². The number of hydrogen-bond acceptors (Lipinski definition) is 4. The molecule has 1 saturated heterocycles. The molecule has 0 radical (unpaired) electrons. The van der Waals surface area contributed by atoms with Crippen molar-refractivity contribution >= 4 is 17.4 Å². The molecule has 20 heavy (non-hydrogen) atoms. The Hall–Kier alpha value is -0.870. The van der Waals surface area contributed by atoms with Crippen molar-refractivity contribution in [3.63, 3.8) is 0 Å². The molecular formula is C15H24ClN3O. The SMILES string of the molecule is Cc1c(Cl)nc(C(C)C)nc1N(C)CC1CCOCC1. The van der Waals surface area contributed by atoms with Crippen LogP contribution in [-0.4, -0.2) is 36.8 Å². The lowest BCUT2D eigenvalue weighted by molar-refractivity contribution is 0.0685. The Labute approximate surface area is 126 Å². The van der Waals surface area contributed by atoms with E-state index in [4.69, 9.17) is 21.3 Å². The summed E-state index contributed by atoms with van der Waals surface area (Å²) in [4.78, 5) is 11.3. The fraction of sp³-hybridized carbons (Fsp3) is 0.733. The first-order valence-corrected chi connectivity index (χ1v) is 7.69. The summed E-state index contributed by atoms with van der Waals surface area (Å²) in [5.41, 5.74) is 0.964. The van der Waals surface area contributed by atoms with Gasteiger partial charge in [0.05, 0.1) is 0 Å². The van der Waals surface area contributed by atoms with E-state index in [9.17, 15) is 0 Å². The molecule has 1 aromatic heterocycles. The van der Waals surface area contributed by atoms with Gasteiger partial charge in [-0.3, -0.25) is 0 Å². The third-order valence-electron chi connectivity index (χ3n) is 3.83. The zero-order valence-corrected chi connectivity index (χ0v) is 13.6. The second-order valence-corrected chi connectivity index (χ2v) is 6.27. The van der Waals surface area contributed by atoms with Gasteiger partial charge < -0.3 is 9.64 Å². The molecule has 0 N–H and O–H groups in total. The minimum absolute atomic E-state index is 0.281. The number of anilines is 1. The van der Waals surface area contributed by atoms with E-state index in [0.29, 0.717) is 11.1 Å². The number of aromatic nitrogens is 2. The van der Waals surface area contributed by atoms with Gasteiger partial charge in [0.25, 0.3) is 0 Å². The Morgan fingerprint density at radius 2 is 1.95 bits per heavy atom. The van der Waals surface area contributed by atoms with Crippen molar-refractivity contribution in [2.75, 3.05) is 31.7 Å². The number of hydrogen-bond donors (Lipinski definition) is 0. The summed E-state index contributed by atoms with van der Waals surface area (Å²) in [5.74, 6) is 2.72. The van der Waals surface area contributed by atoms with Crippen molar-refractivity contribution in [1.82, 2.24) is 9.97 Å². The maximum atomic E-state index is 6.25. The van der Waals surface area contributed by atoms with Gasteiger partial charge in [0.1, 0.15) is 16.8 Å². The Kier molecular flexibility index (Phi) is 5.22. The first-order valence-electron chi connectivity index (χ1n) is 7.32. The van der Waals surface area contributed by atoms with Crippen molar-refractivity contribution in [2.45, 2.75) is 39.5 Å². The maximum absolute atomic E-state index is 6.25. The summed E-state index contributed by atoms with van der Waals surface area (Å²) >= 11 is 6.25. The second-order valence-electron chi connectivity index (χ2n) is 5.91. The van der Waals surface area contributed by atoms with Crippen molar-refractivity contribution in [3.8, 4) is 0 Å². The van der Waals surface area contributed by atoms with Crippen LogP contribution in [0.25, 0.3) is 0 Å². The lowest BCUT2D eigenvalue weighted by Gasteiger charge is -2.29. The van der Waals surface area contributed by atoms with Crippen LogP contribution in [0.5, 0.6) is 0 Å². The monoisotopic (exact) mass is 297 g/mol. The minimum Gasteiger partial charge on any atom is -0.381 e. The van der Waals surface area contributed by atoms with Crippen LogP contribution in [0.15, 0.2) is 0 Å². The highest BCUT2D eigenvalue weighted by Crippen LogP contribution is 2.27. The van der Waals surface area contributed by atoms with Crippen LogP contribution < -0.4 is 4.90 Å². The smallest absolute Gasteiger partial charge is 0.137 e. The Morgan fingerprint density at radius 1 is 1.30 bits per heavy atom. The standard InChI is InChI=1S/C15H24ClN3O/c1-10(2)14-17-13(16)11(3)15(18-14)19(4)9-12-5-7-20-8-6-12/h10,12H,5-9H2,1-4H3. The fourth-order valence-electron chi connectivity index (χ4n) is 2.53.